The van der Waals surface area contributed by atoms with Gasteiger partial charge in [0.1, 0.15) is 0 Å². The molecule has 0 saturated carbocycles. The molecule has 0 saturated heterocycles. The fourth-order valence-corrected chi connectivity index (χ4v) is 2.51. The molecule has 2 N–H and O–H groups in total. The lowest BCUT2D eigenvalue weighted by atomic mass is 10.2. The molecular formula is C13H17N3OS2. The fourth-order valence-electron chi connectivity index (χ4n) is 1.61. The summed E-state index contributed by atoms with van der Waals surface area (Å²) < 4.78 is 5.23. The van der Waals surface area contributed by atoms with Crippen molar-refractivity contribution in [1.29, 1.82) is 0 Å². The van der Waals surface area contributed by atoms with Crippen molar-refractivity contribution < 1.29 is 4.52 Å². The SMILES string of the molecule is CSCC[C@H](N)c1nc(-c2ccc(SC)cc2)no1. The summed E-state index contributed by atoms with van der Waals surface area (Å²) in [5.74, 6) is 2.10. The van der Waals surface area contributed by atoms with Crippen LogP contribution in [0.15, 0.2) is 33.7 Å². The van der Waals surface area contributed by atoms with Crippen LogP contribution in [0, 0.1) is 0 Å². The lowest BCUT2D eigenvalue weighted by Gasteiger charge is -2.03. The van der Waals surface area contributed by atoms with Crippen LogP contribution >= 0.6 is 23.5 Å². The number of aromatic nitrogens is 2. The second-order valence-corrected chi connectivity index (χ2v) is 5.94. The molecule has 6 heteroatoms. The van der Waals surface area contributed by atoms with Crippen LogP contribution in [0.25, 0.3) is 11.4 Å². The van der Waals surface area contributed by atoms with Crippen molar-refractivity contribution >= 4 is 23.5 Å². The maximum Gasteiger partial charge on any atom is 0.243 e. The van der Waals surface area contributed by atoms with Gasteiger partial charge in [-0.3, -0.25) is 0 Å². The zero-order valence-corrected chi connectivity index (χ0v) is 12.6. The largest absolute Gasteiger partial charge is 0.337 e. The molecule has 0 unspecified atom stereocenters. The molecule has 2 aromatic rings. The van der Waals surface area contributed by atoms with E-state index in [0.29, 0.717) is 11.7 Å². The molecule has 19 heavy (non-hydrogen) atoms. The normalized spacial score (nSPS) is 12.6. The van der Waals surface area contributed by atoms with Crippen LogP contribution in [0.2, 0.25) is 0 Å². The van der Waals surface area contributed by atoms with Gasteiger partial charge in [-0.1, -0.05) is 5.16 Å². The fraction of sp³-hybridized carbons (Fsp3) is 0.385. The van der Waals surface area contributed by atoms with Gasteiger partial charge in [-0.15, -0.1) is 11.8 Å². The first-order chi connectivity index (χ1) is 9.24. The summed E-state index contributed by atoms with van der Waals surface area (Å²) in [4.78, 5) is 5.58. The van der Waals surface area contributed by atoms with Gasteiger partial charge < -0.3 is 10.3 Å². The van der Waals surface area contributed by atoms with Crippen LogP contribution in [0.4, 0.5) is 0 Å². The average Bonchev–Trinajstić information content (AvgIpc) is 2.94. The Morgan fingerprint density at radius 2 is 2.00 bits per heavy atom. The lowest BCUT2D eigenvalue weighted by molar-refractivity contribution is 0.353. The zero-order chi connectivity index (χ0) is 13.7. The van der Waals surface area contributed by atoms with E-state index in [9.17, 15) is 0 Å². The van der Waals surface area contributed by atoms with Crippen LogP contribution in [-0.4, -0.2) is 28.4 Å². The highest BCUT2D eigenvalue weighted by Gasteiger charge is 2.15. The Morgan fingerprint density at radius 3 is 2.63 bits per heavy atom. The number of hydrogen-bond acceptors (Lipinski definition) is 6. The molecule has 0 aliphatic heterocycles. The third-order valence-corrected chi connectivity index (χ3v) is 4.13. The number of nitrogens with two attached hydrogens (primary N) is 1. The molecule has 0 bridgehead atoms. The standard InChI is InChI=1S/C13H17N3OS2/c1-18-8-7-11(14)13-15-12(16-17-13)9-3-5-10(19-2)6-4-9/h3-6,11H,7-8,14H2,1-2H3/t11-/m0/s1. The van der Waals surface area contributed by atoms with Crippen molar-refractivity contribution in [2.45, 2.75) is 17.4 Å². The summed E-state index contributed by atoms with van der Waals surface area (Å²) in [6.45, 7) is 0. The van der Waals surface area contributed by atoms with Crippen LogP contribution in [0.5, 0.6) is 0 Å². The molecule has 0 radical (unpaired) electrons. The molecule has 0 spiro atoms. The summed E-state index contributed by atoms with van der Waals surface area (Å²) in [7, 11) is 0. The maximum atomic E-state index is 6.01. The van der Waals surface area contributed by atoms with E-state index in [4.69, 9.17) is 10.3 Å². The number of rotatable bonds is 6. The molecule has 4 nitrogen and oxygen atoms in total. The minimum absolute atomic E-state index is 0.181. The van der Waals surface area contributed by atoms with Crippen LogP contribution in [-0.2, 0) is 0 Å². The Morgan fingerprint density at radius 1 is 1.26 bits per heavy atom. The Bertz CT molecular complexity index is 513. The van der Waals surface area contributed by atoms with Gasteiger partial charge in [0.2, 0.25) is 11.7 Å². The van der Waals surface area contributed by atoms with Gasteiger partial charge >= 0.3 is 0 Å². The van der Waals surface area contributed by atoms with E-state index in [1.807, 2.05) is 30.5 Å². The highest BCUT2D eigenvalue weighted by molar-refractivity contribution is 7.98. The Labute approximate surface area is 121 Å². The van der Waals surface area contributed by atoms with E-state index in [0.717, 1.165) is 17.7 Å². The van der Waals surface area contributed by atoms with Crippen molar-refractivity contribution in [3.05, 3.63) is 30.2 Å². The van der Waals surface area contributed by atoms with Gasteiger partial charge in [0.15, 0.2) is 0 Å². The first-order valence-electron chi connectivity index (χ1n) is 5.97. The van der Waals surface area contributed by atoms with E-state index >= 15 is 0 Å². The highest BCUT2D eigenvalue weighted by atomic mass is 32.2. The Hall–Kier alpha value is -0.980. The summed E-state index contributed by atoms with van der Waals surface area (Å²) in [6, 6.07) is 7.90. The maximum absolute atomic E-state index is 6.01. The molecule has 102 valence electrons. The molecule has 1 atom stereocenters. The van der Waals surface area contributed by atoms with Crippen molar-refractivity contribution in [3.63, 3.8) is 0 Å². The smallest absolute Gasteiger partial charge is 0.243 e. The highest BCUT2D eigenvalue weighted by Crippen LogP contribution is 2.22. The molecule has 1 heterocycles. The predicted octanol–water partition coefficient (Wildman–Crippen LogP) is 3.21. The molecule has 2 rings (SSSR count). The summed E-state index contributed by atoms with van der Waals surface area (Å²) in [5.41, 5.74) is 6.95. The molecule has 0 fully saturated rings. The van der Waals surface area contributed by atoms with Gasteiger partial charge in [0.25, 0.3) is 0 Å². The van der Waals surface area contributed by atoms with Gasteiger partial charge in [0.05, 0.1) is 6.04 Å². The minimum atomic E-state index is -0.181. The number of hydrogen-bond donors (Lipinski definition) is 1. The van der Waals surface area contributed by atoms with E-state index in [1.54, 1.807) is 23.5 Å². The summed E-state index contributed by atoms with van der Waals surface area (Å²) in [6.07, 6.45) is 4.94. The van der Waals surface area contributed by atoms with Crippen LogP contribution < -0.4 is 5.73 Å². The Kier molecular flexibility index (Phi) is 5.30. The first-order valence-corrected chi connectivity index (χ1v) is 8.59. The lowest BCUT2D eigenvalue weighted by Crippen LogP contribution is -2.11. The number of benzene rings is 1. The molecule has 0 aliphatic rings. The summed E-state index contributed by atoms with van der Waals surface area (Å²) >= 11 is 3.47. The topological polar surface area (TPSA) is 64.9 Å². The first kappa shape index (κ1) is 14.4. The van der Waals surface area contributed by atoms with Gasteiger partial charge in [0, 0.05) is 10.5 Å². The molecule has 1 aromatic heterocycles. The van der Waals surface area contributed by atoms with E-state index in [2.05, 4.69) is 16.4 Å². The quantitative estimate of drug-likeness (QED) is 0.826. The minimum Gasteiger partial charge on any atom is -0.337 e. The third-order valence-electron chi connectivity index (χ3n) is 2.74. The van der Waals surface area contributed by atoms with Crippen molar-refractivity contribution in [1.82, 2.24) is 10.1 Å². The van der Waals surface area contributed by atoms with Crippen molar-refractivity contribution in [3.8, 4) is 11.4 Å². The van der Waals surface area contributed by atoms with Crippen molar-refractivity contribution in [2.75, 3.05) is 18.3 Å². The van der Waals surface area contributed by atoms with Crippen molar-refractivity contribution in [2.24, 2.45) is 5.73 Å². The predicted molar refractivity (Wildman–Crippen MR) is 81.4 cm³/mol. The molecule has 1 aromatic carbocycles. The van der Waals surface area contributed by atoms with Gasteiger partial charge in [-0.2, -0.15) is 16.7 Å². The van der Waals surface area contributed by atoms with Gasteiger partial charge in [-0.05, 0) is 49.0 Å². The second-order valence-electron chi connectivity index (χ2n) is 4.07. The molecule has 0 aliphatic carbocycles. The van der Waals surface area contributed by atoms with E-state index in [-0.39, 0.29) is 6.04 Å². The van der Waals surface area contributed by atoms with Crippen LogP contribution in [0.3, 0.4) is 0 Å². The zero-order valence-electron chi connectivity index (χ0n) is 11.0. The number of thioether (sulfide) groups is 2. The third kappa shape index (κ3) is 3.75. The average molecular weight is 295 g/mol. The summed E-state index contributed by atoms with van der Waals surface area (Å²) in [5, 5.41) is 3.99. The van der Waals surface area contributed by atoms with E-state index in [1.165, 1.54) is 4.90 Å². The molecule has 0 amide bonds. The number of nitrogens with zero attached hydrogens (tertiary/aromatic N) is 2. The van der Waals surface area contributed by atoms with Crippen LogP contribution in [0.1, 0.15) is 18.4 Å². The second kappa shape index (κ2) is 6.98. The molecular weight excluding hydrogens is 278 g/mol. The Balaban J connectivity index is 2.11. The monoisotopic (exact) mass is 295 g/mol. The van der Waals surface area contributed by atoms with E-state index < -0.39 is 0 Å². The van der Waals surface area contributed by atoms with Gasteiger partial charge in [-0.25, -0.2) is 0 Å².